The van der Waals surface area contributed by atoms with E-state index in [0.717, 1.165) is 35.2 Å². The number of amides is 2. The van der Waals surface area contributed by atoms with Crippen LogP contribution in [0, 0.1) is 23.3 Å². The van der Waals surface area contributed by atoms with E-state index in [1.165, 1.54) is 44.6 Å². The normalized spacial score (nSPS) is 20.8. The van der Waals surface area contributed by atoms with Crippen molar-refractivity contribution in [1.29, 1.82) is 0 Å². The van der Waals surface area contributed by atoms with Gasteiger partial charge in [0.05, 0.1) is 38.4 Å². The Labute approximate surface area is 263 Å². The average Bonchev–Trinajstić information content (AvgIpc) is 3.63. The van der Waals surface area contributed by atoms with Crippen LogP contribution in [-0.4, -0.2) is 65.1 Å². The maximum Gasteiger partial charge on any atom is 0.408 e. The number of carbonyl (C=O) groups is 4. The number of carboxylic acid groups (broad SMARTS) is 1. The molecule has 2 aliphatic rings. The van der Waals surface area contributed by atoms with Gasteiger partial charge in [-0.1, -0.05) is 18.2 Å². The van der Waals surface area contributed by atoms with Crippen molar-refractivity contribution >= 4 is 23.9 Å². The number of nitrogens with zero attached hydrogens (tertiary/aromatic N) is 2. The number of methoxy groups -OCH3 is 2. The number of carbonyl (C=O) groups excluding carboxylic acids is 3. The van der Waals surface area contributed by atoms with Crippen LogP contribution in [0.15, 0.2) is 73.4 Å². The van der Waals surface area contributed by atoms with E-state index in [9.17, 15) is 41.8 Å². The predicted octanol–water partition coefficient (Wildman–Crippen LogP) is 6.18. The van der Waals surface area contributed by atoms with Gasteiger partial charge in [0.15, 0.2) is 0 Å². The number of likely N-dealkylation sites (tertiary alicyclic amines) is 2. The molecule has 13 heteroatoms. The van der Waals surface area contributed by atoms with Gasteiger partial charge in [-0.3, -0.25) is 9.69 Å². The first kappa shape index (κ1) is 35.5. The summed E-state index contributed by atoms with van der Waals surface area (Å²) < 4.78 is 62.7. The molecule has 0 spiro atoms. The highest BCUT2D eigenvalue weighted by Crippen LogP contribution is 2.38. The lowest BCUT2D eigenvalue weighted by molar-refractivity contribution is -0.135. The standard InChI is InChI=1S/C18H19F2NO3.C15H15F2NO4/c1-3-4-17(22)21-15(6-8-18(23)24-2)5-7-16(21)12-9-13(19)11-14(20)10-12;1-22-14(19)5-3-12-2-4-13(18(12)15(20)21)9-6-10(16)8-11(17)7-9/h3,6,8-11,15-16H,1,4-5,7H2,2H3;3,5-8,12-13H,2,4H2,1H3,(H,20,21)/b8-6+;5-3+/t15-,16+;12-,13+/m11/s1. The molecule has 0 aliphatic carbocycles. The minimum absolute atomic E-state index is 0.108. The Hall–Kier alpha value is -4.94. The second-order valence-electron chi connectivity index (χ2n) is 10.5. The molecule has 0 aromatic heterocycles. The molecular formula is C33H34F4N2O7. The third kappa shape index (κ3) is 9.29. The summed E-state index contributed by atoms with van der Waals surface area (Å²) in [6, 6.07) is 4.24. The summed E-state index contributed by atoms with van der Waals surface area (Å²) in [4.78, 5) is 48.9. The summed E-state index contributed by atoms with van der Waals surface area (Å²) in [6.07, 6.45) is 7.77. The molecule has 2 amide bonds. The highest BCUT2D eigenvalue weighted by atomic mass is 19.1. The topological polar surface area (TPSA) is 113 Å². The number of esters is 2. The lowest BCUT2D eigenvalue weighted by atomic mass is 10.0. The number of halogens is 4. The molecule has 2 aromatic carbocycles. The van der Waals surface area contributed by atoms with Gasteiger partial charge in [0, 0.05) is 30.7 Å². The Bertz CT molecular complexity index is 1470. The minimum Gasteiger partial charge on any atom is -0.466 e. The number of hydrogen-bond donors (Lipinski definition) is 1. The summed E-state index contributed by atoms with van der Waals surface area (Å²) in [6.45, 7) is 3.55. The molecule has 2 aromatic rings. The third-order valence-corrected chi connectivity index (χ3v) is 7.54. The molecular weight excluding hydrogens is 612 g/mol. The van der Waals surface area contributed by atoms with Crippen molar-refractivity contribution in [3.8, 4) is 0 Å². The fraction of sp³-hybridized carbons (Fsp3) is 0.333. The van der Waals surface area contributed by atoms with Crippen LogP contribution in [0.1, 0.15) is 55.3 Å². The zero-order valence-electron chi connectivity index (χ0n) is 25.2. The predicted molar refractivity (Wildman–Crippen MR) is 158 cm³/mol. The van der Waals surface area contributed by atoms with E-state index in [1.807, 2.05) is 0 Å². The van der Waals surface area contributed by atoms with E-state index in [4.69, 9.17) is 0 Å². The summed E-state index contributed by atoms with van der Waals surface area (Å²) in [5.74, 6) is -4.21. The van der Waals surface area contributed by atoms with Crippen LogP contribution in [0.3, 0.4) is 0 Å². The molecule has 4 atom stereocenters. The van der Waals surface area contributed by atoms with Crippen LogP contribution in [0.25, 0.3) is 0 Å². The van der Waals surface area contributed by atoms with Gasteiger partial charge in [-0.25, -0.2) is 31.9 Å². The van der Waals surface area contributed by atoms with Crippen LogP contribution >= 0.6 is 0 Å². The van der Waals surface area contributed by atoms with Crippen molar-refractivity contribution in [2.75, 3.05) is 14.2 Å². The van der Waals surface area contributed by atoms with E-state index < -0.39 is 59.4 Å². The van der Waals surface area contributed by atoms with Crippen molar-refractivity contribution in [3.05, 3.63) is 108 Å². The zero-order chi connectivity index (χ0) is 34.0. The summed E-state index contributed by atoms with van der Waals surface area (Å²) in [5, 5.41) is 9.36. The highest BCUT2D eigenvalue weighted by molar-refractivity contribution is 5.83. The highest BCUT2D eigenvalue weighted by Gasteiger charge is 2.38. The Kier molecular flexibility index (Phi) is 12.7. The second kappa shape index (κ2) is 16.4. The Morgan fingerprint density at radius 2 is 1.13 bits per heavy atom. The van der Waals surface area contributed by atoms with Crippen molar-refractivity contribution < 1.29 is 51.3 Å². The molecule has 0 unspecified atom stereocenters. The molecule has 46 heavy (non-hydrogen) atoms. The van der Waals surface area contributed by atoms with Gasteiger partial charge in [0.1, 0.15) is 23.3 Å². The largest absolute Gasteiger partial charge is 0.466 e. The van der Waals surface area contributed by atoms with Gasteiger partial charge in [-0.2, -0.15) is 0 Å². The van der Waals surface area contributed by atoms with Crippen LogP contribution in [0.5, 0.6) is 0 Å². The fourth-order valence-corrected chi connectivity index (χ4v) is 5.62. The van der Waals surface area contributed by atoms with Crippen molar-refractivity contribution in [2.45, 2.75) is 56.3 Å². The molecule has 0 radical (unpaired) electrons. The van der Waals surface area contributed by atoms with Crippen LogP contribution in [0.2, 0.25) is 0 Å². The molecule has 2 aliphatic heterocycles. The van der Waals surface area contributed by atoms with Gasteiger partial charge in [0.2, 0.25) is 5.91 Å². The van der Waals surface area contributed by atoms with Gasteiger partial charge < -0.3 is 19.5 Å². The Balaban J connectivity index is 0.000000251. The molecule has 2 heterocycles. The first-order chi connectivity index (χ1) is 21.9. The van der Waals surface area contributed by atoms with Gasteiger partial charge in [-0.15, -0.1) is 6.58 Å². The quantitative estimate of drug-likeness (QED) is 0.158. The lowest BCUT2D eigenvalue weighted by Gasteiger charge is -2.29. The first-order valence-electron chi connectivity index (χ1n) is 14.3. The maximum absolute atomic E-state index is 13.5. The summed E-state index contributed by atoms with van der Waals surface area (Å²) >= 11 is 0. The van der Waals surface area contributed by atoms with E-state index in [2.05, 4.69) is 16.1 Å². The smallest absolute Gasteiger partial charge is 0.408 e. The molecule has 246 valence electrons. The van der Waals surface area contributed by atoms with Crippen LogP contribution in [0.4, 0.5) is 22.4 Å². The SMILES string of the molecule is C=CCC(=O)N1[C@@H](/C=C/C(=O)OC)CC[C@H]1c1cc(F)cc(F)c1.COC(=O)/C=C/[C@H]1CC[C@@H](c2cc(F)cc(F)c2)N1C(=O)O. The molecule has 2 saturated heterocycles. The van der Waals surface area contributed by atoms with Crippen LogP contribution < -0.4 is 0 Å². The molecule has 1 N–H and O–H groups in total. The Morgan fingerprint density at radius 3 is 1.50 bits per heavy atom. The molecule has 2 fully saturated rings. The second-order valence-corrected chi connectivity index (χ2v) is 10.5. The zero-order valence-corrected chi connectivity index (χ0v) is 25.2. The Morgan fingerprint density at radius 1 is 0.739 bits per heavy atom. The first-order valence-corrected chi connectivity index (χ1v) is 14.3. The monoisotopic (exact) mass is 646 g/mol. The van der Waals surface area contributed by atoms with Gasteiger partial charge in [0.25, 0.3) is 0 Å². The maximum atomic E-state index is 13.5. The molecule has 0 saturated carbocycles. The summed E-state index contributed by atoms with van der Waals surface area (Å²) in [7, 11) is 2.48. The van der Waals surface area contributed by atoms with Crippen LogP contribution in [-0.2, 0) is 23.9 Å². The van der Waals surface area contributed by atoms with Gasteiger partial charge >= 0.3 is 18.0 Å². The van der Waals surface area contributed by atoms with E-state index in [0.29, 0.717) is 31.2 Å². The average molecular weight is 647 g/mol. The third-order valence-electron chi connectivity index (χ3n) is 7.54. The number of ether oxygens (including phenoxy) is 2. The molecule has 9 nitrogen and oxygen atoms in total. The number of rotatable bonds is 8. The van der Waals surface area contributed by atoms with Crippen molar-refractivity contribution in [3.63, 3.8) is 0 Å². The van der Waals surface area contributed by atoms with Gasteiger partial charge in [-0.05, 0) is 61.1 Å². The van der Waals surface area contributed by atoms with E-state index in [1.54, 1.807) is 11.0 Å². The summed E-state index contributed by atoms with van der Waals surface area (Å²) in [5.41, 5.74) is 0.660. The molecule has 0 bridgehead atoms. The molecule has 4 rings (SSSR count). The van der Waals surface area contributed by atoms with E-state index >= 15 is 0 Å². The number of benzene rings is 2. The van der Waals surface area contributed by atoms with E-state index in [-0.39, 0.29) is 23.9 Å². The van der Waals surface area contributed by atoms with Crippen molar-refractivity contribution in [1.82, 2.24) is 9.80 Å². The number of hydrogen-bond acceptors (Lipinski definition) is 6. The fourth-order valence-electron chi connectivity index (χ4n) is 5.62. The lowest BCUT2D eigenvalue weighted by Crippen LogP contribution is -2.36. The minimum atomic E-state index is -1.22. The van der Waals surface area contributed by atoms with Crippen molar-refractivity contribution in [2.24, 2.45) is 0 Å².